The van der Waals surface area contributed by atoms with Gasteiger partial charge < -0.3 is 10.5 Å². The number of halogens is 1. The Morgan fingerprint density at radius 1 is 1.26 bits per heavy atom. The van der Waals surface area contributed by atoms with Crippen LogP contribution in [0.3, 0.4) is 0 Å². The molecule has 2 heterocycles. The summed E-state index contributed by atoms with van der Waals surface area (Å²) in [6.07, 6.45) is 0. The third-order valence-electron chi connectivity index (χ3n) is 3.07. The van der Waals surface area contributed by atoms with Crippen LogP contribution in [0, 0.1) is 0 Å². The van der Waals surface area contributed by atoms with Gasteiger partial charge in [0.05, 0.1) is 21.9 Å². The SMILES string of the molecule is CC1(C)CN(Cc2nc(N)ccc2Cl)CC(C)(C)O1. The molecule has 0 aliphatic carbocycles. The van der Waals surface area contributed by atoms with Crippen LogP contribution in [-0.4, -0.2) is 34.2 Å². The van der Waals surface area contributed by atoms with Gasteiger partial charge in [-0.2, -0.15) is 0 Å². The Kier molecular flexibility index (Phi) is 3.78. The highest BCUT2D eigenvalue weighted by Gasteiger charge is 2.38. The summed E-state index contributed by atoms with van der Waals surface area (Å²) in [6.45, 7) is 10.8. The normalized spacial score (nSPS) is 22.4. The van der Waals surface area contributed by atoms with Gasteiger partial charge >= 0.3 is 0 Å². The van der Waals surface area contributed by atoms with E-state index in [9.17, 15) is 0 Å². The van der Waals surface area contributed by atoms with Gasteiger partial charge in [-0.1, -0.05) is 11.6 Å². The van der Waals surface area contributed by atoms with Gasteiger partial charge in [-0.25, -0.2) is 4.98 Å². The molecule has 4 nitrogen and oxygen atoms in total. The molecule has 1 aliphatic heterocycles. The summed E-state index contributed by atoms with van der Waals surface area (Å²) in [5.74, 6) is 0.506. The lowest BCUT2D eigenvalue weighted by Crippen LogP contribution is -2.56. The number of aromatic nitrogens is 1. The van der Waals surface area contributed by atoms with Gasteiger partial charge in [0.1, 0.15) is 5.82 Å². The predicted molar refractivity (Wildman–Crippen MR) is 78.2 cm³/mol. The third-order valence-corrected chi connectivity index (χ3v) is 3.42. The van der Waals surface area contributed by atoms with Gasteiger partial charge in [-0.3, -0.25) is 4.90 Å². The number of morpholine rings is 1. The summed E-state index contributed by atoms with van der Waals surface area (Å²) in [5.41, 5.74) is 6.21. The van der Waals surface area contributed by atoms with Crippen molar-refractivity contribution in [1.82, 2.24) is 9.88 Å². The lowest BCUT2D eigenvalue weighted by Gasteiger charge is -2.47. The van der Waals surface area contributed by atoms with E-state index in [-0.39, 0.29) is 11.2 Å². The number of nitrogen functional groups attached to an aromatic ring is 1. The number of pyridine rings is 1. The number of nitrogens with zero attached hydrogens (tertiary/aromatic N) is 2. The van der Waals surface area contributed by atoms with Crippen molar-refractivity contribution in [2.24, 2.45) is 0 Å². The zero-order valence-electron chi connectivity index (χ0n) is 12.0. The molecule has 0 bridgehead atoms. The molecular formula is C14H22ClN3O. The maximum absolute atomic E-state index is 6.18. The summed E-state index contributed by atoms with van der Waals surface area (Å²) in [5, 5.41) is 0.663. The van der Waals surface area contributed by atoms with Crippen LogP contribution in [-0.2, 0) is 11.3 Å². The number of rotatable bonds is 2. The summed E-state index contributed by atoms with van der Waals surface area (Å²) in [7, 11) is 0. The molecule has 0 radical (unpaired) electrons. The zero-order valence-corrected chi connectivity index (χ0v) is 12.8. The van der Waals surface area contributed by atoms with E-state index in [0.29, 0.717) is 17.4 Å². The van der Waals surface area contributed by atoms with Crippen molar-refractivity contribution < 1.29 is 4.74 Å². The van der Waals surface area contributed by atoms with E-state index < -0.39 is 0 Å². The Bertz CT molecular complexity index is 458. The lowest BCUT2D eigenvalue weighted by atomic mass is 9.99. The molecule has 1 aliphatic rings. The van der Waals surface area contributed by atoms with E-state index in [1.807, 2.05) is 0 Å². The number of nitrogens with two attached hydrogens (primary N) is 1. The fourth-order valence-electron chi connectivity index (χ4n) is 2.88. The molecule has 2 rings (SSSR count). The first-order valence-corrected chi connectivity index (χ1v) is 6.88. The number of anilines is 1. The highest BCUT2D eigenvalue weighted by Crippen LogP contribution is 2.29. The van der Waals surface area contributed by atoms with Gasteiger partial charge in [0.15, 0.2) is 0 Å². The topological polar surface area (TPSA) is 51.4 Å². The summed E-state index contributed by atoms with van der Waals surface area (Å²) >= 11 is 6.18. The molecule has 0 amide bonds. The second kappa shape index (κ2) is 4.93. The average molecular weight is 284 g/mol. The molecule has 0 unspecified atom stereocenters. The van der Waals surface area contributed by atoms with E-state index in [4.69, 9.17) is 22.1 Å². The molecule has 106 valence electrons. The van der Waals surface area contributed by atoms with Crippen LogP contribution in [0.1, 0.15) is 33.4 Å². The van der Waals surface area contributed by atoms with E-state index >= 15 is 0 Å². The van der Waals surface area contributed by atoms with E-state index in [1.54, 1.807) is 12.1 Å². The molecule has 1 aromatic rings. The van der Waals surface area contributed by atoms with Crippen molar-refractivity contribution in [2.45, 2.75) is 45.4 Å². The molecule has 0 saturated carbocycles. The minimum Gasteiger partial charge on any atom is -0.384 e. The van der Waals surface area contributed by atoms with Crippen molar-refractivity contribution >= 4 is 17.4 Å². The maximum atomic E-state index is 6.18. The van der Waals surface area contributed by atoms with Crippen molar-refractivity contribution in [3.8, 4) is 0 Å². The van der Waals surface area contributed by atoms with E-state index in [2.05, 4.69) is 37.6 Å². The fraction of sp³-hybridized carbons (Fsp3) is 0.643. The Labute approximate surface area is 119 Å². The van der Waals surface area contributed by atoms with Crippen molar-refractivity contribution in [2.75, 3.05) is 18.8 Å². The molecule has 2 N–H and O–H groups in total. The Morgan fingerprint density at radius 3 is 2.42 bits per heavy atom. The zero-order chi connectivity index (χ0) is 14.3. The van der Waals surface area contributed by atoms with Gasteiger partial charge in [0.2, 0.25) is 0 Å². The number of hydrogen-bond acceptors (Lipinski definition) is 4. The Morgan fingerprint density at radius 2 is 1.84 bits per heavy atom. The fourth-order valence-corrected chi connectivity index (χ4v) is 3.05. The highest BCUT2D eigenvalue weighted by molar-refractivity contribution is 6.31. The largest absolute Gasteiger partial charge is 0.384 e. The quantitative estimate of drug-likeness (QED) is 0.907. The predicted octanol–water partition coefficient (Wildman–Crippen LogP) is 2.71. The second-order valence-corrected chi connectivity index (χ2v) is 6.84. The van der Waals surface area contributed by atoms with E-state index in [1.165, 1.54) is 0 Å². The van der Waals surface area contributed by atoms with Crippen molar-refractivity contribution in [1.29, 1.82) is 0 Å². The minimum absolute atomic E-state index is 0.172. The smallest absolute Gasteiger partial charge is 0.123 e. The first-order chi connectivity index (χ1) is 8.67. The van der Waals surface area contributed by atoms with E-state index in [0.717, 1.165) is 18.8 Å². The first kappa shape index (κ1) is 14.6. The second-order valence-electron chi connectivity index (χ2n) is 6.43. The molecule has 5 heteroatoms. The van der Waals surface area contributed by atoms with Crippen LogP contribution < -0.4 is 5.73 Å². The maximum Gasteiger partial charge on any atom is 0.123 e. The van der Waals surface area contributed by atoms with Gasteiger partial charge in [-0.15, -0.1) is 0 Å². The first-order valence-electron chi connectivity index (χ1n) is 6.50. The summed E-state index contributed by atoms with van der Waals surface area (Å²) in [4.78, 5) is 6.64. The van der Waals surface area contributed by atoms with Crippen LogP contribution in [0.5, 0.6) is 0 Å². The standard InChI is InChI=1S/C14H22ClN3O/c1-13(2)8-18(9-14(3,4)19-13)7-11-10(15)5-6-12(16)17-11/h5-6H,7-9H2,1-4H3,(H2,16,17). The molecular weight excluding hydrogens is 262 g/mol. The Balaban J connectivity index is 2.16. The molecule has 0 atom stereocenters. The summed E-state index contributed by atoms with van der Waals surface area (Å²) < 4.78 is 6.06. The molecule has 19 heavy (non-hydrogen) atoms. The van der Waals surface area contributed by atoms with Crippen LogP contribution in [0.2, 0.25) is 5.02 Å². The van der Waals surface area contributed by atoms with Crippen LogP contribution in [0.25, 0.3) is 0 Å². The average Bonchev–Trinajstić information content (AvgIpc) is 2.18. The van der Waals surface area contributed by atoms with Gasteiger partial charge in [-0.05, 0) is 39.8 Å². The van der Waals surface area contributed by atoms with Crippen LogP contribution >= 0.6 is 11.6 Å². The molecule has 1 aromatic heterocycles. The summed E-state index contributed by atoms with van der Waals surface area (Å²) in [6, 6.07) is 3.52. The Hall–Kier alpha value is -0.840. The molecule has 0 aromatic carbocycles. The molecule has 1 saturated heterocycles. The van der Waals surface area contributed by atoms with Crippen molar-refractivity contribution in [3.63, 3.8) is 0 Å². The number of ether oxygens (including phenoxy) is 1. The molecule has 1 fully saturated rings. The minimum atomic E-state index is -0.172. The highest BCUT2D eigenvalue weighted by atomic mass is 35.5. The van der Waals surface area contributed by atoms with Crippen LogP contribution in [0.15, 0.2) is 12.1 Å². The van der Waals surface area contributed by atoms with Gasteiger partial charge in [0, 0.05) is 19.6 Å². The molecule has 0 spiro atoms. The third kappa shape index (κ3) is 3.81. The van der Waals surface area contributed by atoms with Crippen LogP contribution in [0.4, 0.5) is 5.82 Å². The number of hydrogen-bond donors (Lipinski definition) is 1. The lowest BCUT2D eigenvalue weighted by molar-refractivity contribution is -0.182. The van der Waals surface area contributed by atoms with Gasteiger partial charge in [0.25, 0.3) is 0 Å². The van der Waals surface area contributed by atoms with Crippen molar-refractivity contribution in [3.05, 3.63) is 22.8 Å². The monoisotopic (exact) mass is 283 g/mol.